The van der Waals surface area contributed by atoms with E-state index in [4.69, 9.17) is 10.6 Å². The maximum absolute atomic E-state index is 10.4. The number of rotatable bonds is 13. The highest BCUT2D eigenvalue weighted by atomic mass is 16.4. The molecule has 0 aliphatic rings. The van der Waals surface area contributed by atoms with E-state index in [1.165, 1.54) is 36.5 Å². The molecule has 25 heavy (non-hydrogen) atoms. The van der Waals surface area contributed by atoms with Gasteiger partial charge in [-0.15, -0.1) is 0 Å². The van der Waals surface area contributed by atoms with E-state index in [9.17, 15) is 20.1 Å². The summed E-state index contributed by atoms with van der Waals surface area (Å²) in [5.41, 5.74) is 0. The van der Waals surface area contributed by atoms with E-state index in [2.05, 4.69) is 0 Å². The van der Waals surface area contributed by atoms with E-state index < -0.39 is 24.3 Å². The van der Waals surface area contributed by atoms with Crippen LogP contribution in [0.15, 0.2) is 60.7 Å². The van der Waals surface area contributed by atoms with E-state index in [1.807, 2.05) is 0 Å². The van der Waals surface area contributed by atoms with Gasteiger partial charge in [-0.05, 0) is 25.7 Å². The van der Waals surface area contributed by atoms with Crippen LogP contribution in [0.1, 0.15) is 44.5 Å². The third-order valence-corrected chi connectivity index (χ3v) is 2.98. The van der Waals surface area contributed by atoms with Crippen molar-refractivity contribution >= 4 is 5.97 Å². The first-order valence-corrected chi connectivity index (χ1v) is 8.21. The minimum absolute atomic E-state index is 0.0771. The Morgan fingerprint density at radius 1 is 1.00 bits per heavy atom. The van der Waals surface area contributed by atoms with E-state index in [0.717, 1.165) is 0 Å². The summed E-state index contributed by atoms with van der Waals surface area (Å²) in [5.74, 6) is -0.986. The summed E-state index contributed by atoms with van der Waals surface area (Å²) in [4.78, 5) is 10.4. The molecule has 0 heterocycles. The molecular formula is C20H30O5. The minimum Gasteiger partial charge on any atom is -0.481 e. The topological polar surface area (TPSA) is 98.0 Å². The maximum Gasteiger partial charge on any atom is 0.303 e. The summed E-state index contributed by atoms with van der Waals surface area (Å²) in [6.07, 6.45) is 5.84. The first-order valence-electron chi connectivity index (χ1n) is 10.2. The van der Waals surface area contributed by atoms with Gasteiger partial charge in [-0.3, -0.25) is 4.79 Å². The Morgan fingerprint density at radius 2 is 1.72 bits per heavy atom. The third kappa shape index (κ3) is 16.7. The van der Waals surface area contributed by atoms with Crippen molar-refractivity contribution in [3.05, 3.63) is 60.7 Å². The van der Waals surface area contributed by atoms with E-state index >= 15 is 0 Å². The van der Waals surface area contributed by atoms with Crippen LogP contribution >= 0.6 is 0 Å². The maximum atomic E-state index is 10.4. The van der Waals surface area contributed by atoms with Gasteiger partial charge in [-0.25, -0.2) is 0 Å². The molecule has 0 aliphatic carbocycles. The quantitative estimate of drug-likeness (QED) is 0.381. The first kappa shape index (κ1) is 16.5. The normalized spacial score (nSPS) is 20.5. The molecule has 0 radical (unpaired) electrons. The second-order valence-corrected chi connectivity index (χ2v) is 5.26. The average molecular weight is 354 g/mol. The predicted octanol–water partition coefficient (Wildman–Crippen LogP) is 2.91. The van der Waals surface area contributed by atoms with Crippen molar-refractivity contribution in [2.75, 3.05) is 0 Å². The molecule has 0 fully saturated rings. The lowest BCUT2D eigenvalue weighted by Gasteiger charge is -2.02. The number of hydrogen-bond acceptors (Lipinski definition) is 4. The van der Waals surface area contributed by atoms with Crippen molar-refractivity contribution in [2.24, 2.45) is 0 Å². The Hall–Kier alpha value is -1.95. The van der Waals surface area contributed by atoms with Crippen molar-refractivity contribution in [1.29, 1.82) is 0 Å². The zero-order valence-electron chi connectivity index (χ0n) is 18.4. The van der Waals surface area contributed by atoms with Crippen molar-refractivity contribution < 1.29 is 30.7 Å². The Balaban J connectivity index is 4.69. The molecular weight excluding hydrogens is 320 g/mol. The van der Waals surface area contributed by atoms with Crippen LogP contribution in [0.25, 0.3) is 0 Å². The SMILES string of the molecule is [2H]C(/C=C/C(O)CC)=C(/[2H])CC(O)/C=C/C=C/C([2H])=C(\[2H])C(O)CCCC(=O)O. The summed E-state index contributed by atoms with van der Waals surface area (Å²) in [6.45, 7) is 1.79. The van der Waals surface area contributed by atoms with Crippen LogP contribution in [0.5, 0.6) is 0 Å². The molecule has 4 N–H and O–H groups in total. The van der Waals surface area contributed by atoms with Crippen molar-refractivity contribution in [2.45, 2.75) is 57.3 Å². The molecule has 140 valence electrons. The van der Waals surface area contributed by atoms with Crippen LogP contribution in [0.4, 0.5) is 0 Å². The van der Waals surface area contributed by atoms with Gasteiger partial charge >= 0.3 is 5.97 Å². The van der Waals surface area contributed by atoms with E-state index in [0.29, 0.717) is 6.42 Å². The van der Waals surface area contributed by atoms with Crippen LogP contribution in [0, 0.1) is 0 Å². The molecule has 3 atom stereocenters. The highest BCUT2D eigenvalue weighted by Crippen LogP contribution is 2.02. The fourth-order valence-corrected chi connectivity index (χ4v) is 1.54. The van der Waals surface area contributed by atoms with Gasteiger partial charge in [0.1, 0.15) is 0 Å². The predicted molar refractivity (Wildman–Crippen MR) is 100 cm³/mol. The molecule has 0 spiro atoms. The molecule has 0 rings (SSSR count). The number of aliphatic carboxylic acids is 1. The molecule has 0 bridgehead atoms. The summed E-state index contributed by atoms with van der Waals surface area (Å²) in [5, 5.41) is 37.6. The summed E-state index contributed by atoms with van der Waals surface area (Å²) in [6, 6.07) is -0.754. The number of carboxylic acid groups (broad SMARTS) is 1. The number of aliphatic hydroxyl groups is 3. The Bertz CT molecular complexity index is 668. The monoisotopic (exact) mass is 354 g/mol. The van der Waals surface area contributed by atoms with Gasteiger partial charge in [0.2, 0.25) is 0 Å². The Labute approximate surface area is 155 Å². The molecule has 5 nitrogen and oxygen atoms in total. The van der Waals surface area contributed by atoms with E-state index in [1.54, 1.807) is 6.92 Å². The fraction of sp³-hybridized carbons (Fsp3) is 0.450. The Kier molecular flexibility index (Phi) is 10.3. The standard InChI is InChI=1S/C20H30O5/c1-2-17(21)11-8-5-9-14-18(22)12-6-3-4-7-13-19(23)15-10-16-20(24)25/h3-9,11-13,17-19,21-23H,2,10,14-16H2,1H3,(H,24,25)/b4-3+,9-5+,11-8+,12-6+,13-7+/i5D,7D,9D,13D. The second-order valence-electron chi connectivity index (χ2n) is 5.26. The third-order valence-electron chi connectivity index (χ3n) is 2.98. The Morgan fingerprint density at radius 3 is 2.40 bits per heavy atom. The van der Waals surface area contributed by atoms with Gasteiger partial charge in [-0.2, -0.15) is 0 Å². The summed E-state index contributed by atoms with van der Waals surface area (Å²) < 4.78 is 30.9. The molecule has 0 aliphatic heterocycles. The van der Waals surface area contributed by atoms with Crippen LogP contribution < -0.4 is 0 Å². The molecule has 0 aromatic carbocycles. The zero-order valence-corrected chi connectivity index (χ0v) is 14.4. The first-order chi connectivity index (χ1) is 13.6. The molecule has 3 unspecified atom stereocenters. The van der Waals surface area contributed by atoms with Gasteiger partial charge in [0.15, 0.2) is 0 Å². The molecule has 0 aromatic rings. The smallest absolute Gasteiger partial charge is 0.303 e. The number of hydrogen-bond donors (Lipinski definition) is 4. The number of allylic oxidation sites excluding steroid dienone is 6. The van der Waals surface area contributed by atoms with Crippen molar-refractivity contribution in [3.63, 3.8) is 0 Å². The van der Waals surface area contributed by atoms with E-state index in [-0.39, 0.29) is 49.9 Å². The largest absolute Gasteiger partial charge is 0.481 e. The number of carbonyl (C=O) groups is 1. The lowest BCUT2D eigenvalue weighted by molar-refractivity contribution is -0.137. The summed E-state index contributed by atoms with van der Waals surface area (Å²) >= 11 is 0. The molecule has 0 saturated heterocycles. The van der Waals surface area contributed by atoms with Gasteiger partial charge in [0.25, 0.3) is 0 Å². The van der Waals surface area contributed by atoms with Gasteiger partial charge in [0.05, 0.1) is 23.8 Å². The second kappa shape index (κ2) is 15.6. The van der Waals surface area contributed by atoms with Crippen molar-refractivity contribution in [1.82, 2.24) is 0 Å². The zero-order chi connectivity index (χ0) is 22.4. The van der Waals surface area contributed by atoms with Crippen LogP contribution in [-0.2, 0) is 4.79 Å². The highest BCUT2D eigenvalue weighted by molar-refractivity contribution is 5.66. The average Bonchev–Trinajstić information content (AvgIpc) is 2.67. The van der Waals surface area contributed by atoms with Crippen molar-refractivity contribution in [3.8, 4) is 0 Å². The fourth-order valence-electron chi connectivity index (χ4n) is 1.54. The molecule has 5 heteroatoms. The van der Waals surface area contributed by atoms with Crippen LogP contribution in [0.2, 0.25) is 0 Å². The minimum atomic E-state index is -1.22. The summed E-state index contributed by atoms with van der Waals surface area (Å²) in [7, 11) is 0. The van der Waals surface area contributed by atoms with Crippen LogP contribution in [-0.4, -0.2) is 44.7 Å². The van der Waals surface area contributed by atoms with Crippen LogP contribution in [0.3, 0.4) is 0 Å². The molecule has 0 amide bonds. The van der Waals surface area contributed by atoms with Gasteiger partial charge < -0.3 is 20.4 Å². The number of carboxylic acids is 1. The highest BCUT2D eigenvalue weighted by Gasteiger charge is 2.01. The number of aliphatic hydroxyl groups excluding tert-OH is 3. The lowest BCUT2D eigenvalue weighted by Crippen LogP contribution is -2.03. The lowest BCUT2D eigenvalue weighted by atomic mass is 10.1. The molecule has 0 saturated carbocycles. The van der Waals surface area contributed by atoms with Gasteiger partial charge in [0, 0.05) is 6.42 Å². The molecule has 0 aromatic heterocycles. The van der Waals surface area contributed by atoms with Gasteiger partial charge in [-0.1, -0.05) is 67.6 Å².